The van der Waals surface area contributed by atoms with Crippen molar-refractivity contribution < 1.29 is 53.7 Å². The number of carbonyl (C=O) groups is 2. The minimum Gasteiger partial charge on any atom is -0.507 e. The van der Waals surface area contributed by atoms with Gasteiger partial charge >= 0.3 is 0 Å². The molecule has 7 atom stereocenters. The summed E-state index contributed by atoms with van der Waals surface area (Å²) in [7, 11) is 3.03. The number of morpholine rings is 1. The van der Waals surface area contributed by atoms with E-state index < -0.39 is 35.3 Å². The van der Waals surface area contributed by atoms with Gasteiger partial charge in [-0.05, 0) is 32.3 Å². The maximum atomic E-state index is 13.0. The molecule has 2 aromatic rings. The number of ether oxygens (including phenoxy) is 5. The van der Waals surface area contributed by atoms with Crippen molar-refractivity contribution in [2.45, 2.75) is 101 Å². The van der Waals surface area contributed by atoms with E-state index in [1.807, 2.05) is 0 Å². The monoisotopic (exact) mass is 670 g/mol. The van der Waals surface area contributed by atoms with Gasteiger partial charge < -0.3 is 49.8 Å². The molecule has 48 heavy (non-hydrogen) atoms. The third-order valence-electron chi connectivity index (χ3n) is 10.2. The van der Waals surface area contributed by atoms with Gasteiger partial charge in [0.1, 0.15) is 23.4 Å². The van der Waals surface area contributed by atoms with Crippen LogP contribution in [0.5, 0.6) is 17.2 Å². The fourth-order valence-electron chi connectivity index (χ4n) is 7.82. The zero-order valence-corrected chi connectivity index (χ0v) is 27.6. The first-order valence-electron chi connectivity index (χ1n) is 16.7. The van der Waals surface area contributed by atoms with E-state index in [-0.39, 0.29) is 76.7 Å². The summed E-state index contributed by atoms with van der Waals surface area (Å²) in [5, 5.41) is 41.4. The highest BCUT2D eigenvalue weighted by atomic mass is 16.7. The zero-order chi connectivity index (χ0) is 34.3. The van der Waals surface area contributed by atoms with Crippen LogP contribution in [0, 0.1) is 0 Å². The lowest BCUT2D eigenvalue weighted by Gasteiger charge is -2.37. The SMILES string of the molecule is COC1OCCN2C3CCOC(C)C3O[C@H]12.COc1cccc2c1C(=O)c1c(O)c3c(c(O)c1C2=O)CC(O)CC3O.NC1CCCC1. The lowest BCUT2D eigenvalue weighted by molar-refractivity contribution is -0.246. The number of hydrogen-bond acceptors (Lipinski definition) is 13. The molecular weight excluding hydrogens is 624 g/mol. The highest BCUT2D eigenvalue weighted by molar-refractivity contribution is 6.31. The average molecular weight is 671 g/mol. The van der Waals surface area contributed by atoms with Gasteiger partial charge in [0, 0.05) is 61.9 Å². The smallest absolute Gasteiger partial charge is 0.202 e. The molecule has 2 aromatic carbocycles. The third-order valence-corrected chi connectivity index (χ3v) is 10.2. The molecular formula is C35H46N2O11. The number of aliphatic hydroxyl groups is 2. The molecule has 3 heterocycles. The molecule has 6 N–H and O–H groups in total. The second-order valence-electron chi connectivity index (χ2n) is 13.2. The molecule has 0 radical (unpaired) electrons. The Morgan fingerprint density at radius 3 is 2.33 bits per heavy atom. The number of ketones is 2. The van der Waals surface area contributed by atoms with Crippen molar-refractivity contribution in [3.8, 4) is 17.2 Å². The van der Waals surface area contributed by atoms with Crippen LogP contribution >= 0.6 is 0 Å². The van der Waals surface area contributed by atoms with Crippen LogP contribution in [0.1, 0.15) is 94.5 Å². The van der Waals surface area contributed by atoms with Crippen LogP contribution in [0.25, 0.3) is 0 Å². The number of methoxy groups -OCH3 is 2. The van der Waals surface area contributed by atoms with Gasteiger partial charge in [0.25, 0.3) is 0 Å². The van der Waals surface area contributed by atoms with E-state index in [1.165, 1.54) is 44.9 Å². The Morgan fingerprint density at radius 1 is 0.938 bits per heavy atom. The Balaban J connectivity index is 0.000000153. The first-order valence-corrected chi connectivity index (χ1v) is 16.7. The number of nitrogens with two attached hydrogens (primary N) is 1. The number of nitrogens with zero attached hydrogens (tertiary/aromatic N) is 1. The number of carbonyl (C=O) groups excluding carboxylic acids is 2. The molecule has 3 aliphatic carbocycles. The van der Waals surface area contributed by atoms with Gasteiger partial charge in [-0.1, -0.05) is 25.0 Å². The number of benzene rings is 2. The number of fused-ring (bicyclic) bond motifs is 6. The maximum absolute atomic E-state index is 13.0. The topological polar surface area (TPSA) is 190 Å². The van der Waals surface area contributed by atoms with Crippen molar-refractivity contribution in [3.63, 3.8) is 0 Å². The summed E-state index contributed by atoms with van der Waals surface area (Å²) in [6, 6.07) is 5.53. The minimum atomic E-state index is -1.26. The van der Waals surface area contributed by atoms with E-state index in [1.54, 1.807) is 13.2 Å². The van der Waals surface area contributed by atoms with E-state index in [2.05, 4.69) is 11.8 Å². The molecule has 262 valence electrons. The lowest BCUT2D eigenvalue weighted by atomic mass is 9.76. The summed E-state index contributed by atoms with van der Waals surface area (Å²) in [5.74, 6) is -2.14. The van der Waals surface area contributed by atoms with Gasteiger partial charge in [-0.2, -0.15) is 0 Å². The Bertz CT molecular complexity index is 1530. The van der Waals surface area contributed by atoms with Crippen LogP contribution in [0.2, 0.25) is 0 Å². The maximum Gasteiger partial charge on any atom is 0.202 e. The second-order valence-corrected chi connectivity index (χ2v) is 13.2. The van der Waals surface area contributed by atoms with Crippen LogP contribution in [0.15, 0.2) is 18.2 Å². The number of phenolic OH excluding ortho intramolecular Hbond substituents is 2. The Kier molecular flexibility index (Phi) is 10.4. The quantitative estimate of drug-likeness (QED) is 0.250. The number of hydrogen-bond donors (Lipinski definition) is 5. The summed E-state index contributed by atoms with van der Waals surface area (Å²) in [6.45, 7) is 4.56. The first-order chi connectivity index (χ1) is 23.1. The predicted molar refractivity (Wildman–Crippen MR) is 171 cm³/mol. The van der Waals surface area contributed by atoms with E-state index in [0.717, 1.165) is 26.2 Å². The first kappa shape index (κ1) is 34.7. The molecule has 0 aromatic heterocycles. The van der Waals surface area contributed by atoms with Crippen LogP contribution < -0.4 is 10.5 Å². The molecule has 0 bridgehead atoms. The van der Waals surface area contributed by atoms with Crippen molar-refractivity contribution in [2.75, 3.05) is 34.0 Å². The van der Waals surface area contributed by atoms with Gasteiger partial charge in [-0.3, -0.25) is 14.5 Å². The number of rotatable bonds is 2. The van der Waals surface area contributed by atoms with E-state index in [0.29, 0.717) is 12.1 Å². The van der Waals surface area contributed by atoms with Gasteiger partial charge in [0.15, 0.2) is 18.3 Å². The largest absolute Gasteiger partial charge is 0.507 e. The van der Waals surface area contributed by atoms with Crippen LogP contribution in [0.3, 0.4) is 0 Å². The molecule has 6 aliphatic rings. The van der Waals surface area contributed by atoms with Gasteiger partial charge in [-0.25, -0.2) is 0 Å². The zero-order valence-electron chi connectivity index (χ0n) is 27.6. The van der Waals surface area contributed by atoms with Crippen molar-refractivity contribution in [3.05, 3.63) is 51.6 Å². The Morgan fingerprint density at radius 2 is 1.67 bits per heavy atom. The average Bonchev–Trinajstić information content (AvgIpc) is 3.72. The number of aliphatic hydroxyl groups excluding tert-OH is 2. The lowest BCUT2D eigenvalue weighted by Crippen LogP contribution is -2.53. The minimum absolute atomic E-state index is 0.00693. The molecule has 3 saturated heterocycles. The number of aromatic hydroxyl groups is 2. The summed E-state index contributed by atoms with van der Waals surface area (Å²) in [4.78, 5) is 28.3. The fraction of sp³-hybridized carbons (Fsp3) is 0.600. The molecule has 6 unspecified atom stereocenters. The molecule has 0 spiro atoms. The summed E-state index contributed by atoms with van der Waals surface area (Å²) in [5.41, 5.74) is 5.01. The molecule has 4 fully saturated rings. The van der Waals surface area contributed by atoms with Crippen molar-refractivity contribution in [2.24, 2.45) is 5.73 Å². The standard InChI is InChI=1S/C19H16O7.C11H19NO4.C5H11N/c1-26-11-4-2-3-8-13(11)19(25)15-14(16(8)22)17(23)9-5-7(20)6-10(21)12(9)18(15)24;1-7-9-8(3-5-14-7)12-4-6-15-11(13-2)10(12)16-9;6-5-3-1-2-4-5/h2-4,7,10,20-21,23-24H,5-6H2,1H3;7-11H,3-6H2,1-2H3;5H,1-4,6H2/t;7?,8?,9?,10-,11?;/m.1./s1. The molecule has 13 heteroatoms. The van der Waals surface area contributed by atoms with Crippen molar-refractivity contribution in [1.82, 2.24) is 4.90 Å². The fourth-order valence-corrected chi connectivity index (χ4v) is 7.82. The summed E-state index contributed by atoms with van der Waals surface area (Å²) in [6.07, 6.45) is 4.05. The summed E-state index contributed by atoms with van der Waals surface area (Å²) >= 11 is 0. The highest BCUT2D eigenvalue weighted by Gasteiger charge is 2.51. The van der Waals surface area contributed by atoms with E-state index in [4.69, 9.17) is 29.4 Å². The molecule has 0 amide bonds. The van der Waals surface area contributed by atoms with E-state index >= 15 is 0 Å². The van der Waals surface area contributed by atoms with Crippen LogP contribution in [0.4, 0.5) is 0 Å². The molecule has 8 rings (SSSR count). The van der Waals surface area contributed by atoms with Crippen molar-refractivity contribution >= 4 is 11.6 Å². The molecule has 1 saturated carbocycles. The van der Waals surface area contributed by atoms with Gasteiger partial charge in [-0.15, -0.1) is 0 Å². The van der Waals surface area contributed by atoms with Gasteiger partial charge in [0.2, 0.25) is 5.78 Å². The van der Waals surface area contributed by atoms with Crippen LogP contribution in [-0.2, 0) is 25.4 Å². The molecule has 3 aliphatic heterocycles. The second kappa shape index (κ2) is 14.4. The van der Waals surface area contributed by atoms with E-state index in [9.17, 15) is 30.0 Å². The van der Waals surface area contributed by atoms with Crippen LogP contribution in [-0.4, -0.2) is 114 Å². The summed E-state index contributed by atoms with van der Waals surface area (Å²) < 4.78 is 27.7. The normalized spacial score (nSPS) is 30.8. The van der Waals surface area contributed by atoms with Crippen molar-refractivity contribution in [1.29, 1.82) is 0 Å². The number of phenols is 2. The van der Waals surface area contributed by atoms with Gasteiger partial charge in [0.05, 0.1) is 48.7 Å². The third kappa shape index (κ3) is 6.22. The predicted octanol–water partition coefficient (Wildman–Crippen LogP) is 2.30. The Labute approximate surface area is 279 Å². The Hall–Kier alpha value is -3.14. The molecule has 13 nitrogen and oxygen atoms in total. The highest BCUT2D eigenvalue weighted by Crippen LogP contribution is 2.49.